The highest BCUT2D eigenvalue weighted by molar-refractivity contribution is 6.17. The van der Waals surface area contributed by atoms with Gasteiger partial charge in [-0.2, -0.15) is 0 Å². The van der Waals surface area contributed by atoms with Crippen LogP contribution in [0.1, 0.15) is 10.4 Å². The Hall–Kier alpha value is -3.01. The second kappa shape index (κ2) is 5.17. The summed E-state index contributed by atoms with van der Waals surface area (Å²) >= 11 is 0. The number of carbonyl (C=O) groups excluding carboxylic acids is 1. The van der Waals surface area contributed by atoms with E-state index in [1.165, 1.54) is 6.08 Å². The molecule has 2 aromatic carbocycles. The first kappa shape index (κ1) is 13.0. The first-order chi connectivity index (χ1) is 10.1. The van der Waals surface area contributed by atoms with Gasteiger partial charge in [0.25, 0.3) is 0 Å². The Morgan fingerprint density at radius 2 is 1.90 bits per heavy atom. The van der Waals surface area contributed by atoms with Gasteiger partial charge >= 0.3 is 5.63 Å². The predicted octanol–water partition coefficient (Wildman–Crippen LogP) is 1.26. The number of nitrogens with zero attached hydrogens (tertiary/aromatic N) is 1. The van der Waals surface area contributed by atoms with Crippen molar-refractivity contribution in [2.75, 3.05) is 0 Å². The van der Waals surface area contributed by atoms with E-state index in [4.69, 9.17) is 4.42 Å². The van der Waals surface area contributed by atoms with Crippen molar-refractivity contribution in [2.45, 2.75) is 0 Å². The van der Waals surface area contributed by atoms with Gasteiger partial charge in [0.2, 0.25) is 0 Å². The van der Waals surface area contributed by atoms with Crippen LogP contribution in [0.2, 0.25) is 0 Å². The van der Waals surface area contributed by atoms with Gasteiger partial charge in [-0.1, -0.05) is 43.0 Å². The molecule has 0 aliphatic heterocycles. The molecule has 0 fully saturated rings. The summed E-state index contributed by atoms with van der Waals surface area (Å²) in [6.07, 6.45) is 1.19. The summed E-state index contributed by atoms with van der Waals surface area (Å²) in [5, 5.41) is 0.720. The number of carbonyl (C=O) groups is 1. The number of rotatable bonds is 2. The Labute approximate surface area is 119 Å². The second-order valence-electron chi connectivity index (χ2n) is 4.56. The Kier molecular flexibility index (Phi) is 3.20. The highest BCUT2D eigenvalue weighted by atomic mass is 16.4. The van der Waals surface area contributed by atoms with Gasteiger partial charge in [0.1, 0.15) is 5.52 Å². The van der Waals surface area contributed by atoms with Crippen molar-refractivity contribution in [3.8, 4) is 0 Å². The van der Waals surface area contributed by atoms with E-state index in [0.29, 0.717) is 16.7 Å². The number of hydrogen-bond acceptors (Lipinski definition) is 4. The van der Waals surface area contributed by atoms with Crippen molar-refractivity contribution >= 4 is 29.5 Å². The topological polar surface area (TPSA) is 60.2 Å². The van der Waals surface area contributed by atoms with Crippen LogP contribution >= 0.6 is 0 Å². The van der Waals surface area contributed by atoms with Crippen molar-refractivity contribution in [2.24, 2.45) is 0 Å². The lowest BCUT2D eigenvalue weighted by Gasteiger charge is -1.96. The first-order valence-corrected chi connectivity index (χ1v) is 6.34. The molecule has 0 aliphatic carbocycles. The molecule has 3 aromatic rings. The molecule has 0 bridgehead atoms. The summed E-state index contributed by atoms with van der Waals surface area (Å²) in [5.41, 5.74) is 0.718. The van der Waals surface area contributed by atoms with Crippen molar-refractivity contribution in [1.29, 1.82) is 0 Å². The summed E-state index contributed by atoms with van der Waals surface area (Å²) in [7, 11) is 0. The number of Topliss-reactive ketones (excluding diaryl/α,β-unsaturated/α-hetero) is 1. The fraction of sp³-hybridized carbons (Fsp3) is 0. The molecule has 0 atom stereocenters. The fourth-order valence-corrected chi connectivity index (χ4v) is 1.96. The molecule has 1 aromatic heterocycles. The highest BCUT2D eigenvalue weighted by Gasteiger charge is 2.05. The largest absolute Gasteiger partial charge is 0.419 e. The Morgan fingerprint density at radius 3 is 2.67 bits per heavy atom. The van der Waals surface area contributed by atoms with E-state index in [-0.39, 0.29) is 11.1 Å². The van der Waals surface area contributed by atoms with Crippen molar-refractivity contribution in [3.63, 3.8) is 0 Å². The second-order valence-corrected chi connectivity index (χ2v) is 4.56. The third kappa shape index (κ3) is 2.65. The average Bonchev–Trinajstić information content (AvgIpc) is 2.49. The molecule has 102 valence electrons. The van der Waals surface area contributed by atoms with E-state index < -0.39 is 5.63 Å². The van der Waals surface area contributed by atoms with Gasteiger partial charge in [-0.3, -0.25) is 4.79 Å². The molecule has 21 heavy (non-hydrogen) atoms. The van der Waals surface area contributed by atoms with E-state index in [2.05, 4.69) is 11.6 Å². The third-order valence-electron chi connectivity index (χ3n) is 3.00. The lowest BCUT2D eigenvalue weighted by atomic mass is 10.1. The van der Waals surface area contributed by atoms with Crippen molar-refractivity contribution in [1.82, 2.24) is 4.98 Å². The molecule has 0 N–H and O–H groups in total. The Morgan fingerprint density at radius 1 is 1.14 bits per heavy atom. The standard InChI is InChI=1S/C17H11NO3/c1-11-7-8-13-16(9-11)21-17(20)14(18-13)10-15(19)12-5-3-2-4-6-12/h2-10H,1H2/b14-10-. The molecule has 0 amide bonds. The van der Waals surface area contributed by atoms with Crippen LogP contribution in [0.5, 0.6) is 0 Å². The van der Waals surface area contributed by atoms with Gasteiger partial charge in [0, 0.05) is 11.6 Å². The van der Waals surface area contributed by atoms with Gasteiger partial charge in [-0.05, 0) is 17.4 Å². The zero-order chi connectivity index (χ0) is 14.8. The molecule has 0 aliphatic rings. The molecular formula is C17H11NO3. The van der Waals surface area contributed by atoms with E-state index in [0.717, 1.165) is 5.22 Å². The molecule has 0 unspecified atom stereocenters. The minimum Gasteiger partial charge on any atom is -0.419 e. The summed E-state index contributed by atoms with van der Waals surface area (Å²) in [6.45, 7) is 3.76. The predicted molar refractivity (Wildman–Crippen MR) is 80.3 cm³/mol. The molecule has 0 saturated heterocycles. The molecule has 0 saturated carbocycles. The number of aromatic nitrogens is 1. The van der Waals surface area contributed by atoms with Crippen LogP contribution in [-0.4, -0.2) is 10.8 Å². The van der Waals surface area contributed by atoms with Crippen LogP contribution in [0, 0.1) is 0 Å². The summed E-state index contributed by atoms with van der Waals surface area (Å²) in [6, 6.07) is 13.8. The quantitative estimate of drug-likeness (QED) is 0.662. The smallest absolute Gasteiger partial charge is 0.362 e. The molecule has 0 radical (unpaired) electrons. The molecule has 3 rings (SSSR count). The van der Waals surface area contributed by atoms with Crippen LogP contribution < -0.4 is 16.2 Å². The van der Waals surface area contributed by atoms with Crippen molar-refractivity contribution < 1.29 is 9.21 Å². The summed E-state index contributed by atoms with van der Waals surface area (Å²) in [5.74, 6) is -0.288. The van der Waals surface area contributed by atoms with Gasteiger partial charge in [0.05, 0.1) is 0 Å². The highest BCUT2D eigenvalue weighted by Crippen LogP contribution is 2.03. The van der Waals surface area contributed by atoms with Crippen LogP contribution in [-0.2, 0) is 0 Å². The average molecular weight is 277 g/mol. The SMILES string of the molecule is C=c1ccc2n/c(=C\C(=O)c3ccccc3)c(=O)oc2c1. The van der Waals surface area contributed by atoms with Crippen LogP contribution in [0.3, 0.4) is 0 Å². The zero-order valence-corrected chi connectivity index (χ0v) is 11.1. The minimum absolute atomic E-state index is 0.00633. The normalized spacial score (nSPS) is 11.7. The first-order valence-electron chi connectivity index (χ1n) is 6.34. The number of hydrogen-bond donors (Lipinski definition) is 0. The Bertz CT molecular complexity index is 988. The molecule has 4 heteroatoms. The molecule has 1 heterocycles. The third-order valence-corrected chi connectivity index (χ3v) is 3.00. The lowest BCUT2D eigenvalue weighted by molar-refractivity contribution is 0.106. The van der Waals surface area contributed by atoms with E-state index >= 15 is 0 Å². The van der Waals surface area contributed by atoms with E-state index in [9.17, 15) is 9.59 Å². The monoisotopic (exact) mass is 277 g/mol. The summed E-state index contributed by atoms with van der Waals surface area (Å²) in [4.78, 5) is 28.1. The van der Waals surface area contributed by atoms with Gasteiger partial charge in [-0.15, -0.1) is 0 Å². The molecule has 0 spiro atoms. The Balaban J connectivity index is 2.16. The number of fused-ring (bicyclic) bond motifs is 1. The maximum absolute atomic E-state index is 12.1. The molecular weight excluding hydrogens is 266 g/mol. The number of ketones is 1. The van der Waals surface area contributed by atoms with Gasteiger partial charge in [0.15, 0.2) is 16.7 Å². The van der Waals surface area contributed by atoms with Gasteiger partial charge in [-0.25, -0.2) is 9.78 Å². The molecule has 4 nitrogen and oxygen atoms in total. The maximum Gasteiger partial charge on any atom is 0.362 e. The van der Waals surface area contributed by atoms with Crippen LogP contribution in [0.15, 0.2) is 57.7 Å². The zero-order valence-electron chi connectivity index (χ0n) is 11.1. The number of benzene rings is 2. The van der Waals surface area contributed by atoms with E-state index in [1.807, 2.05) is 6.07 Å². The van der Waals surface area contributed by atoms with Gasteiger partial charge < -0.3 is 4.42 Å². The minimum atomic E-state index is -0.641. The van der Waals surface area contributed by atoms with Crippen molar-refractivity contribution in [3.05, 3.63) is 75.1 Å². The van der Waals surface area contributed by atoms with E-state index in [1.54, 1.807) is 42.5 Å². The summed E-state index contributed by atoms with van der Waals surface area (Å²) < 4.78 is 5.17. The lowest BCUT2D eigenvalue weighted by Crippen LogP contribution is -2.28. The maximum atomic E-state index is 12.1. The fourth-order valence-electron chi connectivity index (χ4n) is 1.96. The van der Waals surface area contributed by atoms with Crippen LogP contribution in [0.25, 0.3) is 23.8 Å². The van der Waals surface area contributed by atoms with Crippen LogP contribution in [0.4, 0.5) is 0 Å².